The zero-order chi connectivity index (χ0) is 29.6. The summed E-state index contributed by atoms with van der Waals surface area (Å²) in [6.45, 7) is 6.05. The Bertz CT molecular complexity index is 1230. The molecule has 12 heteroatoms. The molecule has 1 aromatic rings. The standard InChI is InChI=1S/C29H41N5O7/c1-19(30-24(35)17-34-10-12-40-13-11-34)27(38)32-23(15-21-8-9-33(3)25(36)16-21)28(39)31-22(14-20-6-4-5-7-20)26(37)29(2)18-41-29/h6,8-9,16,19,22-23H,4-5,7,10-15,17-18H2,1-3H3,(H,30,35)(H,31,39)(H,32,38)/t19-,22-,23-,29+/m0/s1. The minimum Gasteiger partial charge on any atom is -0.379 e. The summed E-state index contributed by atoms with van der Waals surface area (Å²) in [5, 5.41) is 8.29. The Balaban J connectivity index is 1.46. The van der Waals surface area contributed by atoms with E-state index in [0.29, 0.717) is 44.9 Å². The minimum atomic E-state index is -1.09. The van der Waals surface area contributed by atoms with Crippen LogP contribution in [0.1, 0.15) is 45.1 Å². The van der Waals surface area contributed by atoms with Gasteiger partial charge < -0.3 is 30.0 Å². The normalized spacial score (nSPS) is 22.7. The van der Waals surface area contributed by atoms with Crippen molar-refractivity contribution in [1.82, 2.24) is 25.4 Å². The number of hydrogen-bond acceptors (Lipinski definition) is 8. The van der Waals surface area contributed by atoms with Crippen LogP contribution in [-0.2, 0) is 42.1 Å². The Morgan fingerprint density at radius 2 is 1.76 bits per heavy atom. The summed E-state index contributed by atoms with van der Waals surface area (Å²) in [7, 11) is 1.62. The molecule has 1 aliphatic carbocycles. The van der Waals surface area contributed by atoms with Gasteiger partial charge in [-0.1, -0.05) is 11.6 Å². The fourth-order valence-electron chi connectivity index (χ4n) is 5.06. The molecule has 3 amide bonds. The third-order valence-electron chi connectivity index (χ3n) is 7.82. The molecular formula is C29H41N5O7. The van der Waals surface area contributed by atoms with E-state index in [1.165, 1.54) is 10.6 Å². The van der Waals surface area contributed by atoms with Crippen molar-refractivity contribution in [2.45, 2.75) is 69.7 Å². The number of epoxide rings is 1. The number of ether oxygens (including phenoxy) is 2. The molecule has 0 radical (unpaired) electrons. The molecule has 3 aliphatic rings. The maximum atomic E-state index is 13.7. The van der Waals surface area contributed by atoms with Crippen molar-refractivity contribution in [2.24, 2.45) is 7.05 Å². The lowest BCUT2D eigenvalue weighted by Crippen LogP contribution is -2.57. The van der Waals surface area contributed by atoms with E-state index < -0.39 is 35.5 Å². The van der Waals surface area contributed by atoms with Gasteiger partial charge in [0.25, 0.3) is 5.56 Å². The predicted octanol–water partition coefficient (Wildman–Crippen LogP) is -0.407. The Kier molecular flexibility index (Phi) is 10.1. The average molecular weight is 572 g/mol. The van der Waals surface area contributed by atoms with Crippen LogP contribution in [0.25, 0.3) is 0 Å². The predicted molar refractivity (Wildman–Crippen MR) is 150 cm³/mol. The molecule has 0 spiro atoms. The lowest BCUT2D eigenvalue weighted by Gasteiger charge is -2.27. The first kappa shape index (κ1) is 30.6. The van der Waals surface area contributed by atoms with E-state index in [0.717, 1.165) is 24.8 Å². The summed E-state index contributed by atoms with van der Waals surface area (Å²) < 4.78 is 12.1. The van der Waals surface area contributed by atoms with Crippen LogP contribution in [0.3, 0.4) is 0 Å². The molecule has 2 saturated heterocycles. The average Bonchev–Trinajstić information content (AvgIpc) is 3.48. The van der Waals surface area contributed by atoms with Crippen molar-refractivity contribution >= 4 is 23.5 Å². The Morgan fingerprint density at radius 1 is 1.05 bits per heavy atom. The van der Waals surface area contributed by atoms with E-state index in [9.17, 15) is 24.0 Å². The summed E-state index contributed by atoms with van der Waals surface area (Å²) in [5.74, 6) is -1.62. The van der Waals surface area contributed by atoms with Crippen LogP contribution in [0.4, 0.5) is 0 Å². The first-order valence-corrected chi connectivity index (χ1v) is 14.3. The van der Waals surface area contributed by atoms with Gasteiger partial charge in [0.1, 0.15) is 17.7 Å². The molecule has 0 aromatic carbocycles. The zero-order valence-corrected chi connectivity index (χ0v) is 24.1. The molecule has 41 heavy (non-hydrogen) atoms. The van der Waals surface area contributed by atoms with Gasteiger partial charge in [-0.3, -0.25) is 28.9 Å². The number of aryl methyl sites for hydroxylation is 1. The van der Waals surface area contributed by atoms with Crippen molar-refractivity contribution in [1.29, 1.82) is 0 Å². The lowest BCUT2D eigenvalue weighted by atomic mass is 9.94. The number of amides is 3. The second kappa shape index (κ2) is 13.5. The third-order valence-corrected chi connectivity index (χ3v) is 7.82. The van der Waals surface area contributed by atoms with E-state index in [4.69, 9.17) is 9.47 Å². The van der Waals surface area contributed by atoms with E-state index in [2.05, 4.69) is 22.0 Å². The Morgan fingerprint density at radius 3 is 2.39 bits per heavy atom. The van der Waals surface area contributed by atoms with E-state index in [1.54, 1.807) is 33.2 Å². The molecule has 0 unspecified atom stereocenters. The smallest absolute Gasteiger partial charge is 0.250 e. The second-order valence-corrected chi connectivity index (χ2v) is 11.3. The highest BCUT2D eigenvalue weighted by Gasteiger charge is 2.50. The van der Waals surface area contributed by atoms with Gasteiger partial charge in [-0.2, -0.15) is 0 Å². The van der Waals surface area contributed by atoms with Crippen LogP contribution >= 0.6 is 0 Å². The molecule has 2 fully saturated rings. The number of Topliss-reactive ketones (excluding diaryl/α,β-unsaturated/α-hetero) is 1. The highest BCUT2D eigenvalue weighted by molar-refractivity contribution is 5.98. The molecule has 3 N–H and O–H groups in total. The zero-order valence-electron chi connectivity index (χ0n) is 24.1. The number of carbonyl (C=O) groups excluding carboxylic acids is 4. The number of allylic oxidation sites excluding steroid dienone is 1. The van der Waals surface area contributed by atoms with Gasteiger partial charge in [0.05, 0.1) is 32.4 Å². The molecule has 3 heterocycles. The molecule has 2 aliphatic heterocycles. The number of nitrogens with zero attached hydrogens (tertiary/aromatic N) is 2. The lowest BCUT2D eigenvalue weighted by molar-refractivity contribution is -0.134. The van der Waals surface area contributed by atoms with Crippen molar-refractivity contribution < 1.29 is 28.7 Å². The summed E-state index contributed by atoms with van der Waals surface area (Å²) in [6.07, 6.45) is 6.91. The number of nitrogens with one attached hydrogen (secondary N) is 3. The molecule has 224 valence electrons. The number of pyridine rings is 1. The summed E-state index contributed by atoms with van der Waals surface area (Å²) in [4.78, 5) is 66.8. The van der Waals surface area contributed by atoms with Gasteiger partial charge in [0.15, 0.2) is 5.78 Å². The SMILES string of the molecule is C[C@H](NC(=O)CN1CCOCC1)C(=O)N[C@@H](Cc1ccn(C)c(=O)c1)C(=O)N[C@@H](CC1=CCCC1)C(=O)[C@@]1(C)CO1. The largest absolute Gasteiger partial charge is 0.379 e. The van der Waals surface area contributed by atoms with Gasteiger partial charge in [-0.25, -0.2) is 0 Å². The summed E-state index contributed by atoms with van der Waals surface area (Å²) in [5.41, 5.74) is 0.477. The van der Waals surface area contributed by atoms with Crippen LogP contribution < -0.4 is 21.5 Å². The van der Waals surface area contributed by atoms with Gasteiger partial charge in [-0.15, -0.1) is 0 Å². The minimum absolute atomic E-state index is 0.0273. The monoisotopic (exact) mass is 571 g/mol. The molecule has 4 rings (SSSR count). The van der Waals surface area contributed by atoms with Crippen LogP contribution in [0.15, 0.2) is 34.8 Å². The maximum absolute atomic E-state index is 13.7. The topological polar surface area (TPSA) is 151 Å². The van der Waals surface area contributed by atoms with E-state index >= 15 is 0 Å². The summed E-state index contributed by atoms with van der Waals surface area (Å²) in [6, 6.07) is 0.293. The van der Waals surface area contributed by atoms with Crippen molar-refractivity contribution in [3.05, 3.63) is 45.9 Å². The maximum Gasteiger partial charge on any atom is 0.250 e. The number of rotatable bonds is 13. The number of morpholine rings is 1. The molecule has 12 nitrogen and oxygen atoms in total. The third kappa shape index (κ3) is 8.57. The van der Waals surface area contributed by atoms with Crippen LogP contribution in [0.5, 0.6) is 0 Å². The first-order chi connectivity index (χ1) is 19.5. The first-order valence-electron chi connectivity index (χ1n) is 14.3. The van der Waals surface area contributed by atoms with Crippen LogP contribution in [0.2, 0.25) is 0 Å². The van der Waals surface area contributed by atoms with Crippen LogP contribution in [-0.4, -0.2) is 96.2 Å². The quantitative estimate of drug-likeness (QED) is 0.214. The Hall–Kier alpha value is -3.35. The molecule has 4 atom stereocenters. The van der Waals surface area contributed by atoms with Gasteiger partial charge in [0.2, 0.25) is 17.7 Å². The molecule has 1 aromatic heterocycles. The van der Waals surface area contributed by atoms with Gasteiger partial charge >= 0.3 is 0 Å². The number of hydrogen-bond donors (Lipinski definition) is 3. The molecule has 0 saturated carbocycles. The van der Waals surface area contributed by atoms with Crippen molar-refractivity contribution in [2.75, 3.05) is 39.5 Å². The van der Waals surface area contributed by atoms with Crippen LogP contribution in [0, 0.1) is 0 Å². The number of ketones is 1. The van der Waals surface area contributed by atoms with Gasteiger partial charge in [-0.05, 0) is 51.2 Å². The molecular weight excluding hydrogens is 530 g/mol. The van der Waals surface area contributed by atoms with Crippen molar-refractivity contribution in [3.63, 3.8) is 0 Å². The Labute approximate surface area is 239 Å². The second-order valence-electron chi connectivity index (χ2n) is 11.3. The molecule has 0 bridgehead atoms. The van der Waals surface area contributed by atoms with Crippen molar-refractivity contribution in [3.8, 4) is 0 Å². The van der Waals surface area contributed by atoms with E-state index in [-0.39, 0.29) is 30.2 Å². The summed E-state index contributed by atoms with van der Waals surface area (Å²) >= 11 is 0. The van der Waals surface area contributed by atoms with Gasteiger partial charge in [0, 0.05) is 38.8 Å². The van der Waals surface area contributed by atoms with E-state index in [1.807, 2.05) is 4.90 Å². The fraction of sp³-hybridized carbons (Fsp3) is 0.621. The number of aromatic nitrogens is 1. The highest BCUT2D eigenvalue weighted by atomic mass is 16.6. The highest BCUT2D eigenvalue weighted by Crippen LogP contribution is 2.31. The fourth-order valence-corrected chi connectivity index (χ4v) is 5.06. The number of carbonyl (C=O) groups is 4.